The standard InChI is InChI=1S/C20H15ClF3N5O/c21-20-26-8-11(9-27-20)19(30)28-17-14(15-7-12(22)1-2-16(15)24)3-5-25-18(17)29-6-4-13(23)10-29/h1-3,5,7-9,13H,4,6,10H2,(H,28,30)/t13-/m0/s1. The molecule has 0 unspecified atom stereocenters. The molecule has 1 aromatic carbocycles. The molecule has 1 atom stereocenters. The van der Waals surface area contributed by atoms with Crippen LogP contribution in [0.3, 0.4) is 0 Å². The van der Waals surface area contributed by atoms with E-state index in [9.17, 15) is 18.0 Å². The Morgan fingerprint density at radius 3 is 2.60 bits per heavy atom. The van der Waals surface area contributed by atoms with Crippen molar-refractivity contribution in [2.75, 3.05) is 23.3 Å². The molecule has 1 aliphatic rings. The quantitative estimate of drug-likeness (QED) is 0.622. The van der Waals surface area contributed by atoms with Crippen LogP contribution in [-0.2, 0) is 0 Å². The summed E-state index contributed by atoms with van der Waals surface area (Å²) in [5.41, 5.74) is 0.389. The first-order chi connectivity index (χ1) is 14.4. The van der Waals surface area contributed by atoms with Crippen molar-refractivity contribution in [1.82, 2.24) is 15.0 Å². The minimum Gasteiger partial charge on any atom is -0.352 e. The number of pyridine rings is 1. The highest BCUT2D eigenvalue weighted by atomic mass is 35.5. The van der Waals surface area contributed by atoms with Crippen molar-refractivity contribution in [1.29, 1.82) is 0 Å². The fourth-order valence-corrected chi connectivity index (χ4v) is 3.36. The van der Waals surface area contributed by atoms with Gasteiger partial charge in [0, 0.05) is 36.3 Å². The van der Waals surface area contributed by atoms with Gasteiger partial charge in [0.15, 0.2) is 5.82 Å². The Morgan fingerprint density at radius 1 is 1.13 bits per heavy atom. The Balaban J connectivity index is 1.81. The van der Waals surface area contributed by atoms with Gasteiger partial charge in [0.2, 0.25) is 5.28 Å². The third-order valence-corrected chi connectivity index (χ3v) is 4.90. The number of hydrogen-bond donors (Lipinski definition) is 1. The minimum atomic E-state index is -1.05. The lowest BCUT2D eigenvalue weighted by molar-refractivity contribution is 0.102. The molecule has 3 heterocycles. The maximum atomic E-state index is 14.5. The average Bonchev–Trinajstić information content (AvgIpc) is 3.16. The van der Waals surface area contributed by atoms with Gasteiger partial charge in [0.25, 0.3) is 5.91 Å². The van der Waals surface area contributed by atoms with E-state index in [0.29, 0.717) is 13.0 Å². The van der Waals surface area contributed by atoms with Crippen molar-refractivity contribution >= 4 is 29.0 Å². The Labute approximate surface area is 174 Å². The van der Waals surface area contributed by atoms with E-state index in [4.69, 9.17) is 11.6 Å². The molecule has 4 rings (SSSR count). The molecule has 3 aromatic rings. The SMILES string of the molecule is O=C(Nc1c(-c2cc(F)ccc2F)ccnc1N1CC[C@H](F)C1)c1cnc(Cl)nc1. The average molecular weight is 434 g/mol. The van der Waals surface area contributed by atoms with Crippen LogP contribution < -0.4 is 10.2 Å². The third kappa shape index (κ3) is 4.06. The lowest BCUT2D eigenvalue weighted by Gasteiger charge is -2.22. The van der Waals surface area contributed by atoms with Crippen LogP contribution in [0.15, 0.2) is 42.9 Å². The number of amides is 1. The number of carbonyl (C=O) groups is 1. The number of benzene rings is 1. The van der Waals surface area contributed by atoms with Crippen LogP contribution in [0.5, 0.6) is 0 Å². The molecule has 1 N–H and O–H groups in total. The zero-order valence-corrected chi connectivity index (χ0v) is 16.2. The monoisotopic (exact) mass is 433 g/mol. The summed E-state index contributed by atoms with van der Waals surface area (Å²) in [6, 6.07) is 4.48. The Bertz CT molecular complexity index is 1100. The predicted molar refractivity (Wildman–Crippen MR) is 106 cm³/mol. The van der Waals surface area contributed by atoms with Crippen molar-refractivity contribution in [3.05, 3.63) is 65.3 Å². The molecule has 0 saturated carbocycles. The summed E-state index contributed by atoms with van der Waals surface area (Å²) in [6.45, 7) is 0.450. The molecule has 0 aliphatic carbocycles. The van der Waals surface area contributed by atoms with Gasteiger partial charge in [-0.3, -0.25) is 4.79 Å². The number of nitrogens with zero attached hydrogens (tertiary/aromatic N) is 4. The van der Waals surface area contributed by atoms with Crippen LogP contribution in [0.2, 0.25) is 5.28 Å². The van der Waals surface area contributed by atoms with Crippen LogP contribution in [-0.4, -0.2) is 40.1 Å². The van der Waals surface area contributed by atoms with Crippen LogP contribution in [0, 0.1) is 11.6 Å². The Morgan fingerprint density at radius 2 is 1.90 bits per heavy atom. The van der Waals surface area contributed by atoms with Crippen LogP contribution in [0.25, 0.3) is 11.1 Å². The summed E-state index contributed by atoms with van der Waals surface area (Å²) in [4.78, 5) is 26.2. The zero-order valence-electron chi connectivity index (χ0n) is 15.4. The van der Waals surface area contributed by atoms with Crippen LogP contribution >= 0.6 is 11.6 Å². The summed E-state index contributed by atoms with van der Waals surface area (Å²) < 4.78 is 42.1. The lowest BCUT2D eigenvalue weighted by Crippen LogP contribution is -2.24. The van der Waals surface area contributed by atoms with Crippen LogP contribution in [0.4, 0.5) is 24.7 Å². The van der Waals surface area contributed by atoms with E-state index >= 15 is 0 Å². The van der Waals surface area contributed by atoms with Crippen molar-refractivity contribution < 1.29 is 18.0 Å². The highest BCUT2D eigenvalue weighted by Gasteiger charge is 2.27. The summed E-state index contributed by atoms with van der Waals surface area (Å²) in [6.07, 6.45) is 3.13. The number of alkyl halides is 1. The van der Waals surface area contributed by atoms with Crippen molar-refractivity contribution in [2.45, 2.75) is 12.6 Å². The molecule has 0 spiro atoms. The van der Waals surface area contributed by atoms with Gasteiger partial charge in [-0.05, 0) is 42.3 Å². The van der Waals surface area contributed by atoms with E-state index in [-0.39, 0.29) is 40.0 Å². The number of carbonyl (C=O) groups excluding carboxylic acids is 1. The molecule has 1 saturated heterocycles. The second kappa shape index (κ2) is 8.27. The van der Waals surface area contributed by atoms with Crippen molar-refractivity contribution in [3.63, 3.8) is 0 Å². The van der Waals surface area contributed by atoms with Crippen LogP contribution in [0.1, 0.15) is 16.8 Å². The predicted octanol–water partition coefficient (Wildman–Crippen LogP) is 4.27. The van der Waals surface area contributed by atoms with Gasteiger partial charge in [-0.1, -0.05) is 0 Å². The van der Waals surface area contributed by atoms with Crippen molar-refractivity contribution in [3.8, 4) is 11.1 Å². The van der Waals surface area contributed by atoms with Gasteiger partial charge in [-0.25, -0.2) is 28.1 Å². The third-order valence-electron chi connectivity index (χ3n) is 4.70. The summed E-state index contributed by atoms with van der Waals surface area (Å²) >= 11 is 5.66. The molecular formula is C20H15ClF3N5O. The molecule has 30 heavy (non-hydrogen) atoms. The highest BCUT2D eigenvalue weighted by Crippen LogP contribution is 2.38. The minimum absolute atomic E-state index is 0.0257. The van der Waals surface area contributed by atoms with E-state index in [2.05, 4.69) is 20.3 Å². The fourth-order valence-electron chi connectivity index (χ4n) is 3.27. The van der Waals surface area contributed by atoms with Crippen molar-refractivity contribution in [2.24, 2.45) is 0 Å². The molecule has 6 nitrogen and oxygen atoms in total. The van der Waals surface area contributed by atoms with Gasteiger partial charge in [0.05, 0.1) is 17.8 Å². The first-order valence-corrected chi connectivity index (χ1v) is 9.42. The number of aromatic nitrogens is 3. The first kappa shape index (κ1) is 20.1. The van der Waals surface area contributed by atoms with E-state index < -0.39 is 23.7 Å². The number of halogens is 4. The molecule has 154 valence electrons. The normalized spacial score (nSPS) is 16.0. The molecule has 0 radical (unpaired) electrons. The Hall–Kier alpha value is -3.20. The maximum absolute atomic E-state index is 14.5. The van der Waals surface area contributed by atoms with E-state index in [0.717, 1.165) is 18.2 Å². The van der Waals surface area contributed by atoms with E-state index in [1.807, 2.05) is 0 Å². The number of nitrogens with one attached hydrogen (secondary N) is 1. The summed E-state index contributed by atoms with van der Waals surface area (Å²) in [5.74, 6) is -1.66. The van der Waals surface area contributed by atoms with Gasteiger partial charge < -0.3 is 10.2 Å². The van der Waals surface area contributed by atoms with E-state index in [1.54, 1.807) is 4.90 Å². The van der Waals surface area contributed by atoms with E-state index in [1.165, 1.54) is 24.7 Å². The lowest BCUT2D eigenvalue weighted by atomic mass is 10.0. The highest BCUT2D eigenvalue weighted by molar-refractivity contribution is 6.28. The second-order valence-corrected chi connectivity index (χ2v) is 7.05. The molecular weight excluding hydrogens is 419 g/mol. The number of hydrogen-bond acceptors (Lipinski definition) is 5. The molecule has 0 bridgehead atoms. The summed E-state index contributed by atoms with van der Waals surface area (Å²) in [7, 11) is 0. The molecule has 2 aromatic heterocycles. The maximum Gasteiger partial charge on any atom is 0.258 e. The first-order valence-electron chi connectivity index (χ1n) is 9.04. The summed E-state index contributed by atoms with van der Waals surface area (Å²) in [5, 5.41) is 2.65. The number of rotatable bonds is 4. The van der Waals surface area contributed by atoms with Gasteiger partial charge >= 0.3 is 0 Å². The van der Waals surface area contributed by atoms with Gasteiger partial charge in [-0.2, -0.15) is 0 Å². The van der Waals surface area contributed by atoms with Gasteiger partial charge in [0.1, 0.15) is 17.8 Å². The smallest absolute Gasteiger partial charge is 0.258 e. The molecule has 1 amide bonds. The molecule has 10 heteroatoms. The second-order valence-electron chi connectivity index (χ2n) is 6.71. The fraction of sp³-hybridized carbons (Fsp3) is 0.200. The number of anilines is 2. The zero-order chi connectivity index (χ0) is 21.3. The van der Waals surface area contributed by atoms with Gasteiger partial charge in [-0.15, -0.1) is 0 Å². The largest absolute Gasteiger partial charge is 0.352 e. The molecule has 1 fully saturated rings. The topological polar surface area (TPSA) is 71.0 Å². The Kier molecular flexibility index (Phi) is 5.54. The molecule has 1 aliphatic heterocycles.